The summed E-state index contributed by atoms with van der Waals surface area (Å²) in [6.07, 6.45) is -3.85. The summed E-state index contributed by atoms with van der Waals surface area (Å²) >= 11 is 6.00. The van der Waals surface area contributed by atoms with Crippen LogP contribution in [0.3, 0.4) is 0 Å². The van der Waals surface area contributed by atoms with Gasteiger partial charge in [0.05, 0.1) is 6.61 Å². The van der Waals surface area contributed by atoms with Gasteiger partial charge in [-0.15, -0.1) is 0 Å². The summed E-state index contributed by atoms with van der Waals surface area (Å²) in [7, 11) is -3.82. The van der Waals surface area contributed by atoms with Gasteiger partial charge in [0.1, 0.15) is 12.2 Å². The van der Waals surface area contributed by atoms with Crippen LogP contribution in [0.1, 0.15) is 31.7 Å². The van der Waals surface area contributed by atoms with Crippen LogP contribution >= 0.6 is 19.3 Å². The van der Waals surface area contributed by atoms with Crippen molar-refractivity contribution in [3.05, 3.63) is 68.0 Å². The molecule has 11 nitrogen and oxygen atoms in total. The third-order valence-corrected chi connectivity index (χ3v) is 7.27. The van der Waals surface area contributed by atoms with Crippen LogP contribution in [0.4, 0.5) is 4.39 Å². The van der Waals surface area contributed by atoms with E-state index in [9.17, 15) is 18.9 Å². The van der Waals surface area contributed by atoms with E-state index < -0.39 is 61.8 Å². The van der Waals surface area contributed by atoms with E-state index in [1.54, 1.807) is 24.3 Å². The van der Waals surface area contributed by atoms with Crippen molar-refractivity contribution in [2.75, 3.05) is 13.2 Å². The van der Waals surface area contributed by atoms with E-state index in [1.807, 2.05) is 4.98 Å². The van der Waals surface area contributed by atoms with Crippen molar-refractivity contribution in [2.45, 2.75) is 44.1 Å². The molecule has 2 unspecified atom stereocenters. The van der Waals surface area contributed by atoms with Crippen LogP contribution < -0.4 is 16.3 Å². The molecule has 2 aliphatic rings. The number of H-pyrrole nitrogens is 1. The smallest absolute Gasteiger partial charge is 0.406 e. The quantitative estimate of drug-likeness (QED) is 0.436. The predicted octanol–water partition coefficient (Wildman–Crippen LogP) is 2.23. The van der Waals surface area contributed by atoms with Gasteiger partial charge < -0.3 is 9.47 Å². The fourth-order valence-electron chi connectivity index (χ4n) is 3.89. The number of benzene rings is 1. The molecule has 2 saturated heterocycles. The second kappa shape index (κ2) is 9.37. The zero-order valence-electron chi connectivity index (χ0n) is 18.1. The lowest BCUT2D eigenvalue weighted by molar-refractivity contribution is -0.155. The van der Waals surface area contributed by atoms with Gasteiger partial charge in [-0.1, -0.05) is 23.7 Å². The van der Waals surface area contributed by atoms with Gasteiger partial charge in [0.15, 0.2) is 18.0 Å². The molecule has 3 heterocycles. The van der Waals surface area contributed by atoms with Crippen LogP contribution in [-0.4, -0.2) is 46.5 Å². The second-order valence-corrected chi connectivity index (χ2v) is 10.2. The molecular weight excluding hydrogens is 496 g/mol. The van der Waals surface area contributed by atoms with Crippen LogP contribution in [0, 0.1) is 0 Å². The summed E-state index contributed by atoms with van der Waals surface area (Å²) in [6.45, 7) is 1.86. The van der Waals surface area contributed by atoms with E-state index >= 15 is 4.39 Å². The minimum atomic E-state index is -3.82. The van der Waals surface area contributed by atoms with Crippen LogP contribution in [0.2, 0.25) is 5.02 Å². The highest BCUT2D eigenvalue weighted by atomic mass is 35.5. The Kier molecular flexibility index (Phi) is 6.83. The lowest BCUT2D eigenvalue weighted by Gasteiger charge is -2.27. The van der Waals surface area contributed by atoms with E-state index in [4.69, 9.17) is 30.1 Å². The zero-order chi connectivity index (χ0) is 24.7. The molecule has 2 aliphatic heterocycles. The first-order chi connectivity index (χ1) is 16.0. The van der Waals surface area contributed by atoms with E-state index in [0.29, 0.717) is 10.6 Å². The van der Waals surface area contributed by atoms with Gasteiger partial charge in [-0.2, -0.15) is 0 Å². The molecule has 0 amide bonds. The Morgan fingerprint density at radius 3 is 2.82 bits per heavy atom. The Balaban J connectivity index is 1.52. The number of carbonyl (C=O) groups is 1. The largest absolute Gasteiger partial charge is 0.456 e. The van der Waals surface area contributed by atoms with Crippen molar-refractivity contribution in [3.63, 3.8) is 0 Å². The molecule has 1 aromatic heterocycles. The van der Waals surface area contributed by atoms with E-state index in [1.165, 1.54) is 0 Å². The number of nitrogens with zero attached hydrogens (tertiary/aromatic N) is 1. The SMILES string of the molecule is CC(=O)O[C@@H]1[C@@H](COP2(=O)NCC(c3cccc(Cl)c3)O2)O[C@@H](n2ccc(=O)[nH]c2=O)[C@]1(C)F. The molecule has 2 fully saturated rings. The van der Waals surface area contributed by atoms with Gasteiger partial charge in [0.25, 0.3) is 5.56 Å². The standard InChI is InChI=1S/C20H22ClFN3O8P/c1-11(26)31-17-15(32-18(20(17,2)22)25-7-6-16(27)24-19(25)28)10-30-34(29)23-9-14(33-34)12-4-3-5-13(21)8-12/h3-8,14-15,17-18H,9-10H2,1-2H3,(H,23,29)(H,24,27,28)/t14?,15-,17-,18-,20-,34?/m1/s1. The first kappa shape index (κ1) is 24.8. The normalized spacial score (nSPS) is 33.2. The maximum absolute atomic E-state index is 15.8. The molecule has 184 valence electrons. The molecule has 6 atom stereocenters. The average molecular weight is 518 g/mol. The Labute approximate surface area is 197 Å². The number of aromatic nitrogens is 2. The molecule has 14 heteroatoms. The summed E-state index contributed by atoms with van der Waals surface area (Å²) in [4.78, 5) is 37.2. The Morgan fingerprint density at radius 1 is 1.38 bits per heavy atom. The van der Waals surface area contributed by atoms with Gasteiger partial charge >= 0.3 is 19.4 Å². The molecule has 0 bridgehead atoms. The van der Waals surface area contributed by atoms with Crippen LogP contribution in [0.5, 0.6) is 0 Å². The lowest BCUT2D eigenvalue weighted by Crippen LogP contribution is -2.45. The van der Waals surface area contributed by atoms with Gasteiger partial charge in [-0.3, -0.25) is 28.2 Å². The van der Waals surface area contributed by atoms with Crippen LogP contribution in [0.25, 0.3) is 0 Å². The Bertz CT molecular complexity index is 1250. The first-order valence-electron chi connectivity index (χ1n) is 10.3. The minimum Gasteiger partial charge on any atom is -0.456 e. The molecule has 2 N–H and O–H groups in total. The molecule has 1 aromatic carbocycles. The summed E-state index contributed by atoms with van der Waals surface area (Å²) in [5.74, 6) is -0.792. The number of alkyl halides is 1. The highest BCUT2D eigenvalue weighted by Gasteiger charge is 2.58. The van der Waals surface area contributed by atoms with Crippen molar-refractivity contribution < 1.29 is 32.3 Å². The fraction of sp³-hybridized carbons (Fsp3) is 0.450. The van der Waals surface area contributed by atoms with Crippen molar-refractivity contribution in [3.8, 4) is 0 Å². The van der Waals surface area contributed by atoms with E-state index in [-0.39, 0.29) is 6.54 Å². The average Bonchev–Trinajstić information content (AvgIpc) is 3.25. The maximum atomic E-state index is 15.8. The molecule has 4 rings (SSSR count). The monoisotopic (exact) mass is 517 g/mol. The van der Waals surface area contributed by atoms with E-state index in [0.717, 1.165) is 30.7 Å². The fourth-order valence-corrected chi connectivity index (χ4v) is 5.58. The number of nitrogens with one attached hydrogen (secondary N) is 2. The topological polar surface area (TPSA) is 138 Å². The highest BCUT2D eigenvalue weighted by Crippen LogP contribution is 2.54. The lowest BCUT2D eigenvalue weighted by atomic mass is 9.98. The van der Waals surface area contributed by atoms with Crippen molar-refractivity contribution in [2.24, 2.45) is 0 Å². The zero-order valence-corrected chi connectivity index (χ0v) is 19.8. The molecule has 0 radical (unpaired) electrons. The van der Waals surface area contributed by atoms with Gasteiger partial charge in [0.2, 0.25) is 0 Å². The number of hydrogen-bond donors (Lipinski definition) is 2. The first-order valence-corrected chi connectivity index (χ1v) is 12.2. The highest BCUT2D eigenvalue weighted by molar-refractivity contribution is 7.51. The molecule has 34 heavy (non-hydrogen) atoms. The van der Waals surface area contributed by atoms with E-state index in [2.05, 4.69) is 5.09 Å². The molecule has 0 aliphatic carbocycles. The van der Waals surface area contributed by atoms with Gasteiger partial charge in [0, 0.05) is 30.8 Å². The summed E-state index contributed by atoms with van der Waals surface area (Å²) in [6, 6.07) is 7.86. The predicted molar refractivity (Wildman–Crippen MR) is 117 cm³/mol. The van der Waals surface area contributed by atoms with Crippen molar-refractivity contribution in [1.29, 1.82) is 0 Å². The molecule has 2 aromatic rings. The third-order valence-electron chi connectivity index (χ3n) is 5.44. The summed E-state index contributed by atoms with van der Waals surface area (Å²) in [5, 5.41) is 3.16. The molecule has 0 saturated carbocycles. The number of ether oxygens (including phenoxy) is 2. The Hall–Kier alpha value is -2.34. The van der Waals surface area contributed by atoms with Crippen molar-refractivity contribution in [1.82, 2.24) is 14.6 Å². The van der Waals surface area contributed by atoms with Gasteiger partial charge in [-0.25, -0.2) is 18.8 Å². The van der Waals surface area contributed by atoms with Crippen LogP contribution in [0.15, 0.2) is 46.1 Å². The molecular formula is C20H22ClFN3O8P. The third kappa shape index (κ3) is 5.02. The number of rotatable bonds is 6. The number of halogens is 2. The number of carbonyl (C=O) groups excluding carboxylic acids is 1. The summed E-state index contributed by atoms with van der Waals surface area (Å²) < 4.78 is 51.5. The maximum Gasteiger partial charge on any atom is 0.406 e. The molecule has 0 spiro atoms. The number of esters is 1. The van der Waals surface area contributed by atoms with Gasteiger partial charge in [-0.05, 0) is 24.6 Å². The number of hydrogen-bond acceptors (Lipinski definition) is 8. The minimum absolute atomic E-state index is 0.173. The Morgan fingerprint density at radius 2 is 2.15 bits per heavy atom. The number of aromatic amines is 1. The summed E-state index contributed by atoms with van der Waals surface area (Å²) in [5.41, 5.74) is -3.30. The van der Waals surface area contributed by atoms with Crippen LogP contribution in [-0.2, 0) is 27.9 Å². The second-order valence-electron chi connectivity index (χ2n) is 8.03. The van der Waals surface area contributed by atoms with Crippen molar-refractivity contribution >= 4 is 25.3 Å².